The van der Waals surface area contributed by atoms with E-state index in [9.17, 15) is 15.0 Å². The molecule has 1 atom stereocenters. The van der Waals surface area contributed by atoms with Gasteiger partial charge >= 0.3 is 0 Å². The van der Waals surface area contributed by atoms with Crippen LogP contribution in [0.25, 0.3) is 0 Å². The van der Waals surface area contributed by atoms with E-state index in [4.69, 9.17) is 0 Å². The molecule has 0 saturated carbocycles. The summed E-state index contributed by atoms with van der Waals surface area (Å²) in [5, 5.41) is 25.4. The number of rotatable bonds is 3. The van der Waals surface area contributed by atoms with E-state index in [-0.39, 0.29) is 23.8 Å². The monoisotopic (exact) mass is 250 g/mol. The van der Waals surface area contributed by atoms with Crippen LogP contribution < -0.4 is 10.6 Å². The number of aryl methyl sites for hydroxylation is 1. The van der Waals surface area contributed by atoms with Crippen molar-refractivity contribution in [1.29, 1.82) is 0 Å². The number of benzene rings is 1. The second kappa shape index (κ2) is 4.96. The van der Waals surface area contributed by atoms with Crippen molar-refractivity contribution in [1.82, 2.24) is 10.6 Å². The topological polar surface area (TPSA) is 81.6 Å². The molecule has 1 amide bonds. The van der Waals surface area contributed by atoms with Gasteiger partial charge in [0.2, 0.25) is 0 Å². The lowest BCUT2D eigenvalue weighted by atomic mass is 10.0. The van der Waals surface area contributed by atoms with Gasteiger partial charge in [0.05, 0.1) is 11.2 Å². The Morgan fingerprint density at radius 3 is 3.00 bits per heavy atom. The van der Waals surface area contributed by atoms with Crippen LogP contribution in [0, 0.1) is 6.92 Å². The molecule has 1 unspecified atom stereocenters. The van der Waals surface area contributed by atoms with Gasteiger partial charge in [0, 0.05) is 13.1 Å². The molecule has 0 radical (unpaired) electrons. The van der Waals surface area contributed by atoms with Crippen LogP contribution in [-0.2, 0) is 0 Å². The van der Waals surface area contributed by atoms with Crippen LogP contribution in [0.1, 0.15) is 22.3 Å². The van der Waals surface area contributed by atoms with Gasteiger partial charge in [-0.05, 0) is 32.0 Å². The lowest BCUT2D eigenvalue weighted by Crippen LogP contribution is -2.44. The highest BCUT2D eigenvalue weighted by molar-refractivity contribution is 5.97. The average molecular weight is 250 g/mol. The Kier molecular flexibility index (Phi) is 3.54. The molecule has 0 aromatic heterocycles. The molecule has 1 aromatic carbocycles. The first-order chi connectivity index (χ1) is 8.50. The van der Waals surface area contributed by atoms with Crippen molar-refractivity contribution in [3.05, 3.63) is 29.3 Å². The summed E-state index contributed by atoms with van der Waals surface area (Å²) in [4.78, 5) is 11.9. The van der Waals surface area contributed by atoms with Crippen LogP contribution in [0.2, 0.25) is 0 Å². The minimum Gasteiger partial charge on any atom is -0.507 e. The fourth-order valence-electron chi connectivity index (χ4n) is 2.05. The second-order valence-electron chi connectivity index (χ2n) is 4.85. The van der Waals surface area contributed by atoms with Crippen LogP contribution >= 0.6 is 0 Å². The summed E-state index contributed by atoms with van der Waals surface area (Å²) in [5.41, 5.74) is 0.263. The van der Waals surface area contributed by atoms with E-state index < -0.39 is 5.60 Å². The number of carbonyl (C=O) groups is 1. The number of phenolic OH excluding ortho intramolecular Hbond substituents is 1. The Bertz CT molecular complexity index is 454. The molecular formula is C13H18N2O3. The molecule has 1 aliphatic rings. The van der Waals surface area contributed by atoms with Gasteiger partial charge in [-0.25, -0.2) is 0 Å². The molecule has 1 aliphatic heterocycles. The number of amides is 1. The minimum absolute atomic E-state index is 0.0466. The van der Waals surface area contributed by atoms with Gasteiger partial charge in [0.1, 0.15) is 5.75 Å². The Balaban J connectivity index is 2.01. The Hall–Kier alpha value is -1.59. The van der Waals surface area contributed by atoms with Gasteiger partial charge in [-0.1, -0.05) is 11.6 Å². The van der Waals surface area contributed by atoms with Crippen molar-refractivity contribution in [2.75, 3.05) is 19.6 Å². The summed E-state index contributed by atoms with van der Waals surface area (Å²) < 4.78 is 0. The van der Waals surface area contributed by atoms with Gasteiger partial charge < -0.3 is 20.8 Å². The summed E-state index contributed by atoms with van der Waals surface area (Å²) >= 11 is 0. The van der Waals surface area contributed by atoms with Gasteiger partial charge in [0.25, 0.3) is 5.91 Å². The van der Waals surface area contributed by atoms with E-state index in [0.29, 0.717) is 13.0 Å². The first-order valence-corrected chi connectivity index (χ1v) is 6.01. The lowest BCUT2D eigenvalue weighted by molar-refractivity contribution is 0.0561. The number of nitrogens with one attached hydrogen (secondary N) is 2. The second-order valence-corrected chi connectivity index (χ2v) is 4.85. The summed E-state index contributed by atoms with van der Waals surface area (Å²) in [6.45, 7) is 3.27. The molecule has 5 nitrogen and oxygen atoms in total. The zero-order valence-electron chi connectivity index (χ0n) is 10.4. The molecular weight excluding hydrogens is 232 g/mol. The minimum atomic E-state index is -0.880. The molecule has 0 aliphatic carbocycles. The Labute approximate surface area is 106 Å². The summed E-state index contributed by atoms with van der Waals surface area (Å²) in [7, 11) is 0. The molecule has 1 heterocycles. The summed E-state index contributed by atoms with van der Waals surface area (Å²) in [6.07, 6.45) is 0.618. The number of β-amino-alcohol motifs (C(OH)–C–C–N with tert-alkyl or cyclic N) is 1. The number of aliphatic hydroxyl groups is 1. The number of aromatic hydroxyl groups is 1. The largest absolute Gasteiger partial charge is 0.507 e. The SMILES string of the molecule is Cc1ccc(O)c(C(=O)NCC2(O)CCNC2)c1. The first-order valence-electron chi connectivity index (χ1n) is 6.01. The maximum absolute atomic E-state index is 11.9. The fourth-order valence-corrected chi connectivity index (χ4v) is 2.05. The predicted molar refractivity (Wildman–Crippen MR) is 67.6 cm³/mol. The molecule has 0 bridgehead atoms. The van der Waals surface area contributed by atoms with Crippen molar-refractivity contribution in [3.8, 4) is 5.75 Å². The van der Waals surface area contributed by atoms with Crippen molar-refractivity contribution in [3.63, 3.8) is 0 Å². The fraction of sp³-hybridized carbons (Fsp3) is 0.462. The molecule has 98 valence electrons. The molecule has 0 spiro atoms. The van der Waals surface area contributed by atoms with Crippen LogP contribution in [0.5, 0.6) is 5.75 Å². The van der Waals surface area contributed by atoms with Crippen molar-refractivity contribution in [2.45, 2.75) is 18.9 Å². The first kappa shape index (κ1) is 12.9. The van der Waals surface area contributed by atoms with Gasteiger partial charge in [0.15, 0.2) is 0 Å². The van der Waals surface area contributed by atoms with Gasteiger partial charge in [-0.15, -0.1) is 0 Å². The quantitative estimate of drug-likeness (QED) is 0.616. The molecule has 18 heavy (non-hydrogen) atoms. The summed E-state index contributed by atoms with van der Waals surface area (Å²) in [5.74, 6) is -0.411. The van der Waals surface area contributed by atoms with Crippen LogP contribution in [-0.4, -0.2) is 41.4 Å². The zero-order chi connectivity index (χ0) is 13.2. The smallest absolute Gasteiger partial charge is 0.255 e. The highest BCUT2D eigenvalue weighted by Crippen LogP contribution is 2.18. The lowest BCUT2D eigenvalue weighted by Gasteiger charge is -2.21. The van der Waals surface area contributed by atoms with E-state index in [0.717, 1.165) is 12.1 Å². The number of hydrogen-bond donors (Lipinski definition) is 4. The van der Waals surface area contributed by atoms with Gasteiger partial charge in [-0.3, -0.25) is 4.79 Å². The Morgan fingerprint density at radius 2 is 2.33 bits per heavy atom. The predicted octanol–water partition coefficient (Wildman–Crippen LogP) is 0.155. The van der Waals surface area contributed by atoms with Gasteiger partial charge in [-0.2, -0.15) is 0 Å². The number of carbonyl (C=O) groups excluding carboxylic acids is 1. The van der Waals surface area contributed by atoms with E-state index in [2.05, 4.69) is 10.6 Å². The number of phenols is 1. The average Bonchev–Trinajstić information content (AvgIpc) is 2.77. The number of hydrogen-bond acceptors (Lipinski definition) is 4. The van der Waals surface area contributed by atoms with E-state index >= 15 is 0 Å². The van der Waals surface area contributed by atoms with E-state index in [1.165, 1.54) is 6.07 Å². The third-order valence-electron chi connectivity index (χ3n) is 3.20. The van der Waals surface area contributed by atoms with Crippen LogP contribution in [0.4, 0.5) is 0 Å². The standard InChI is InChI=1S/C13H18N2O3/c1-9-2-3-11(16)10(6-9)12(17)15-8-13(18)4-5-14-7-13/h2-3,6,14,16,18H,4-5,7-8H2,1H3,(H,15,17). The van der Waals surface area contributed by atoms with Crippen LogP contribution in [0.3, 0.4) is 0 Å². The molecule has 1 aromatic rings. The highest BCUT2D eigenvalue weighted by atomic mass is 16.3. The maximum Gasteiger partial charge on any atom is 0.255 e. The van der Waals surface area contributed by atoms with Crippen molar-refractivity contribution < 1.29 is 15.0 Å². The Morgan fingerprint density at radius 1 is 1.56 bits per heavy atom. The van der Waals surface area contributed by atoms with Crippen LogP contribution in [0.15, 0.2) is 18.2 Å². The molecule has 1 fully saturated rings. The highest BCUT2D eigenvalue weighted by Gasteiger charge is 2.31. The third-order valence-corrected chi connectivity index (χ3v) is 3.20. The maximum atomic E-state index is 11.9. The molecule has 1 saturated heterocycles. The third kappa shape index (κ3) is 2.80. The molecule has 4 N–H and O–H groups in total. The van der Waals surface area contributed by atoms with Crippen molar-refractivity contribution in [2.24, 2.45) is 0 Å². The van der Waals surface area contributed by atoms with Crippen molar-refractivity contribution >= 4 is 5.91 Å². The normalized spacial score (nSPS) is 23.0. The molecule has 5 heteroatoms. The summed E-state index contributed by atoms with van der Waals surface area (Å²) in [6, 6.07) is 4.86. The molecule has 2 rings (SSSR count). The van der Waals surface area contributed by atoms with E-state index in [1.807, 2.05) is 6.92 Å². The zero-order valence-corrected chi connectivity index (χ0v) is 10.4. The van der Waals surface area contributed by atoms with E-state index in [1.54, 1.807) is 12.1 Å².